The standard InChI is InChI=1S/C12H12N2O/c13-9-1-3-10(4-2-9)14-11-5-7-12(15)8-6-11/h1-8,14-15H,13H2. The molecule has 0 fully saturated rings. The lowest BCUT2D eigenvalue weighted by molar-refractivity contribution is 0.475. The summed E-state index contributed by atoms with van der Waals surface area (Å²) in [4.78, 5) is 0. The van der Waals surface area contributed by atoms with Crippen molar-refractivity contribution in [2.75, 3.05) is 11.1 Å². The number of nitrogen functional groups attached to an aromatic ring is 1. The summed E-state index contributed by atoms with van der Waals surface area (Å²) in [6.07, 6.45) is 0. The summed E-state index contributed by atoms with van der Waals surface area (Å²) in [6, 6.07) is 14.4. The van der Waals surface area contributed by atoms with Gasteiger partial charge in [-0.3, -0.25) is 0 Å². The second-order valence-corrected chi connectivity index (χ2v) is 3.29. The third-order valence-corrected chi connectivity index (χ3v) is 2.07. The largest absolute Gasteiger partial charge is 0.508 e. The Hall–Kier alpha value is -2.16. The zero-order chi connectivity index (χ0) is 10.7. The highest BCUT2D eigenvalue weighted by molar-refractivity contribution is 5.62. The third-order valence-electron chi connectivity index (χ3n) is 2.07. The molecule has 0 bridgehead atoms. The summed E-state index contributed by atoms with van der Waals surface area (Å²) in [6.45, 7) is 0. The number of hydrogen-bond acceptors (Lipinski definition) is 3. The van der Waals surface area contributed by atoms with E-state index in [1.54, 1.807) is 12.1 Å². The first-order valence-corrected chi connectivity index (χ1v) is 4.66. The smallest absolute Gasteiger partial charge is 0.115 e. The monoisotopic (exact) mass is 200 g/mol. The Labute approximate surface area is 88.2 Å². The summed E-state index contributed by atoms with van der Waals surface area (Å²) < 4.78 is 0. The number of hydrogen-bond donors (Lipinski definition) is 3. The molecule has 76 valence electrons. The van der Waals surface area contributed by atoms with Crippen LogP contribution >= 0.6 is 0 Å². The quantitative estimate of drug-likeness (QED) is 0.516. The normalized spacial score (nSPS) is 9.87. The Morgan fingerprint density at radius 2 is 1.27 bits per heavy atom. The van der Waals surface area contributed by atoms with Gasteiger partial charge < -0.3 is 16.2 Å². The molecule has 15 heavy (non-hydrogen) atoms. The van der Waals surface area contributed by atoms with Crippen LogP contribution in [0.1, 0.15) is 0 Å². The predicted octanol–water partition coefficient (Wildman–Crippen LogP) is 2.72. The zero-order valence-corrected chi connectivity index (χ0v) is 8.14. The first-order chi connectivity index (χ1) is 7.24. The molecule has 0 aliphatic carbocycles. The van der Waals surface area contributed by atoms with Crippen molar-refractivity contribution in [3.8, 4) is 5.75 Å². The molecule has 3 heteroatoms. The van der Waals surface area contributed by atoms with Gasteiger partial charge in [-0.15, -0.1) is 0 Å². The molecule has 4 N–H and O–H groups in total. The SMILES string of the molecule is Nc1ccc(Nc2ccc(O)cc2)cc1. The van der Waals surface area contributed by atoms with Gasteiger partial charge in [0.15, 0.2) is 0 Å². The van der Waals surface area contributed by atoms with Gasteiger partial charge in [0, 0.05) is 17.1 Å². The minimum Gasteiger partial charge on any atom is -0.508 e. The average molecular weight is 200 g/mol. The van der Waals surface area contributed by atoms with Crippen molar-refractivity contribution in [2.45, 2.75) is 0 Å². The maximum Gasteiger partial charge on any atom is 0.115 e. The van der Waals surface area contributed by atoms with Crippen LogP contribution in [0.25, 0.3) is 0 Å². The van der Waals surface area contributed by atoms with Gasteiger partial charge in [-0.25, -0.2) is 0 Å². The van der Waals surface area contributed by atoms with E-state index in [9.17, 15) is 0 Å². The lowest BCUT2D eigenvalue weighted by Gasteiger charge is -2.06. The summed E-state index contributed by atoms with van der Waals surface area (Å²) in [5.41, 5.74) is 8.22. The molecule has 0 saturated carbocycles. The van der Waals surface area contributed by atoms with Gasteiger partial charge >= 0.3 is 0 Å². The van der Waals surface area contributed by atoms with Crippen LogP contribution in [0.2, 0.25) is 0 Å². The summed E-state index contributed by atoms with van der Waals surface area (Å²) in [5, 5.41) is 12.3. The van der Waals surface area contributed by atoms with Crippen LogP contribution in [0.15, 0.2) is 48.5 Å². The molecule has 0 aliphatic heterocycles. The van der Waals surface area contributed by atoms with Crippen molar-refractivity contribution in [3.05, 3.63) is 48.5 Å². The van der Waals surface area contributed by atoms with Crippen LogP contribution in [-0.2, 0) is 0 Å². The van der Waals surface area contributed by atoms with Gasteiger partial charge in [-0.2, -0.15) is 0 Å². The molecule has 2 rings (SSSR count). The van der Waals surface area contributed by atoms with E-state index >= 15 is 0 Å². The van der Waals surface area contributed by atoms with E-state index in [0.29, 0.717) is 0 Å². The lowest BCUT2D eigenvalue weighted by Crippen LogP contribution is -1.90. The Morgan fingerprint density at radius 3 is 1.80 bits per heavy atom. The van der Waals surface area contributed by atoms with Gasteiger partial charge in [0.2, 0.25) is 0 Å². The molecule has 0 radical (unpaired) electrons. The minimum atomic E-state index is 0.262. The van der Waals surface area contributed by atoms with Crippen molar-refractivity contribution >= 4 is 17.1 Å². The number of aromatic hydroxyl groups is 1. The molecule has 3 nitrogen and oxygen atoms in total. The number of nitrogens with two attached hydrogens (primary N) is 1. The van der Waals surface area contributed by atoms with E-state index in [1.165, 1.54) is 0 Å². The minimum absolute atomic E-state index is 0.262. The molecular weight excluding hydrogens is 188 g/mol. The molecule has 0 aromatic heterocycles. The van der Waals surface area contributed by atoms with Crippen LogP contribution < -0.4 is 11.1 Å². The summed E-state index contributed by atoms with van der Waals surface area (Å²) in [5.74, 6) is 0.262. The van der Waals surface area contributed by atoms with E-state index in [1.807, 2.05) is 36.4 Å². The third kappa shape index (κ3) is 2.40. The van der Waals surface area contributed by atoms with Crippen LogP contribution in [0.5, 0.6) is 5.75 Å². The maximum atomic E-state index is 9.11. The molecular formula is C12H12N2O. The van der Waals surface area contributed by atoms with Crippen molar-refractivity contribution in [1.29, 1.82) is 0 Å². The Bertz CT molecular complexity index is 391. The van der Waals surface area contributed by atoms with Gasteiger partial charge in [-0.05, 0) is 48.5 Å². The van der Waals surface area contributed by atoms with Gasteiger partial charge in [0.1, 0.15) is 5.75 Å². The van der Waals surface area contributed by atoms with E-state index in [2.05, 4.69) is 5.32 Å². The maximum absolute atomic E-state index is 9.11. The van der Waals surface area contributed by atoms with Crippen molar-refractivity contribution < 1.29 is 5.11 Å². The fourth-order valence-electron chi connectivity index (χ4n) is 1.28. The topological polar surface area (TPSA) is 58.3 Å². The van der Waals surface area contributed by atoms with Crippen LogP contribution in [0.4, 0.5) is 17.1 Å². The summed E-state index contributed by atoms with van der Waals surface area (Å²) in [7, 11) is 0. The fraction of sp³-hybridized carbons (Fsp3) is 0. The molecule has 0 unspecified atom stereocenters. The second kappa shape index (κ2) is 3.92. The number of phenols is 1. The number of anilines is 3. The highest BCUT2D eigenvalue weighted by atomic mass is 16.3. The molecule has 0 spiro atoms. The van der Waals surface area contributed by atoms with Crippen molar-refractivity contribution in [1.82, 2.24) is 0 Å². The Balaban J connectivity index is 2.15. The molecule has 2 aromatic carbocycles. The molecule has 2 aromatic rings. The van der Waals surface area contributed by atoms with E-state index in [-0.39, 0.29) is 5.75 Å². The Kier molecular flexibility index (Phi) is 2.46. The highest BCUT2D eigenvalue weighted by Crippen LogP contribution is 2.19. The van der Waals surface area contributed by atoms with Crippen molar-refractivity contribution in [2.24, 2.45) is 0 Å². The van der Waals surface area contributed by atoms with E-state index in [0.717, 1.165) is 17.1 Å². The van der Waals surface area contributed by atoms with E-state index in [4.69, 9.17) is 10.8 Å². The van der Waals surface area contributed by atoms with E-state index < -0.39 is 0 Å². The number of phenolic OH excluding ortho intramolecular Hbond substituents is 1. The number of rotatable bonds is 2. The van der Waals surface area contributed by atoms with Crippen LogP contribution in [-0.4, -0.2) is 5.11 Å². The zero-order valence-electron chi connectivity index (χ0n) is 8.14. The van der Waals surface area contributed by atoms with Gasteiger partial charge in [0.05, 0.1) is 0 Å². The number of benzene rings is 2. The molecule has 0 heterocycles. The van der Waals surface area contributed by atoms with Gasteiger partial charge in [-0.1, -0.05) is 0 Å². The predicted molar refractivity (Wildman–Crippen MR) is 62.2 cm³/mol. The first-order valence-electron chi connectivity index (χ1n) is 4.66. The van der Waals surface area contributed by atoms with Crippen LogP contribution in [0, 0.1) is 0 Å². The highest BCUT2D eigenvalue weighted by Gasteiger charge is 1.94. The number of nitrogens with one attached hydrogen (secondary N) is 1. The molecule has 0 saturated heterocycles. The molecule has 0 aliphatic rings. The van der Waals surface area contributed by atoms with Crippen LogP contribution in [0.3, 0.4) is 0 Å². The fourth-order valence-corrected chi connectivity index (χ4v) is 1.28. The summed E-state index contributed by atoms with van der Waals surface area (Å²) >= 11 is 0. The first kappa shape index (κ1) is 9.40. The second-order valence-electron chi connectivity index (χ2n) is 3.29. The molecule has 0 amide bonds. The Morgan fingerprint density at radius 1 is 0.800 bits per heavy atom. The van der Waals surface area contributed by atoms with Crippen molar-refractivity contribution in [3.63, 3.8) is 0 Å². The van der Waals surface area contributed by atoms with Gasteiger partial charge in [0.25, 0.3) is 0 Å². The lowest BCUT2D eigenvalue weighted by atomic mass is 10.2. The molecule has 0 atom stereocenters. The average Bonchev–Trinajstić information content (AvgIpc) is 2.25.